The first-order valence-electron chi connectivity index (χ1n) is 9.46. The van der Waals surface area contributed by atoms with Gasteiger partial charge in [0, 0.05) is 16.9 Å². The lowest BCUT2D eigenvalue weighted by molar-refractivity contribution is -0.122. The Balaban J connectivity index is 1.54. The van der Waals surface area contributed by atoms with Crippen LogP contribution in [0.3, 0.4) is 0 Å². The van der Waals surface area contributed by atoms with Crippen molar-refractivity contribution >= 4 is 17.2 Å². The van der Waals surface area contributed by atoms with Crippen LogP contribution in [0.1, 0.15) is 48.9 Å². The standard InChI is InChI=1S/C22H25N3OS/c1-22(2)13-19(24-21(26)11-10-17-9-6-12-27-17)18-15-23-25(20(18)14-22)16-7-4-3-5-8-16/h3-9,12,15,19H,10-11,13-14H2,1-2H3,(H,24,26)/t19-/m1/s1. The molecule has 140 valence electrons. The highest BCUT2D eigenvalue weighted by Crippen LogP contribution is 2.41. The number of thiophene rings is 1. The van der Waals surface area contributed by atoms with Gasteiger partial charge in [-0.15, -0.1) is 11.3 Å². The van der Waals surface area contributed by atoms with Crippen LogP contribution in [0.15, 0.2) is 54.0 Å². The lowest BCUT2D eigenvalue weighted by Crippen LogP contribution is -2.36. The number of carbonyl (C=O) groups is 1. The highest BCUT2D eigenvalue weighted by molar-refractivity contribution is 7.09. The molecule has 0 aliphatic heterocycles. The van der Waals surface area contributed by atoms with Gasteiger partial charge in [-0.3, -0.25) is 4.79 Å². The van der Waals surface area contributed by atoms with Gasteiger partial charge in [0.25, 0.3) is 0 Å². The van der Waals surface area contributed by atoms with Gasteiger partial charge < -0.3 is 5.32 Å². The number of amides is 1. The maximum atomic E-state index is 12.6. The predicted molar refractivity (Wildman–Crippen MR) is 109 cm³/mol. The SMILES string of the molecule is CC1(C)Cc2c(cnn2-c2ccccc2)[C@H](NC(=O)CCc2cccs2)C1. The fourth-order valence-corrected chi connectivity index (χ4v) is 4.63. The van der Waals surface area contributed by atoms with Gasteiger partial charge in [-0.2, -0.15) is 5.10 Å². The normalized spacial score (nSPS) is 18.1. The van der Waals surface area contributed by atoms with Crippen molar-refractivity contribution in [3.05, 3.63) is 70.2 Å². The van der Waals surface area contributed by atoms with E-state index in [1.807, 2.05) is 35.1 Å². The zero-order chi connectivity index (χ0) is 18.9. The maximum Gasteiger partial charge on any atom is 0.220 e. The Morgan fingerprint density at radius 1 is 1.26 bits per heavy atom. The fourth-order valence-electron chi connectivity index (χ4n) is 3.92. The molecular formula is C22H25N3OS. The summed E-state index contributed by atoms with van der Waals surface area (Å²) in [6, 6.07) is 14.4. The van der Waals surface area contributed by atoms with Crippen LogP contribution in [0.4, 0.5) is 0 Å². The summed E-state index contributed by atoms with van der Waals surface area (Å²) in [4.78, 5) is 13.8. The van der Waals surface area contributed by atoms with Crippen molar-refractivity contribution in [2.75, 3.05) is 0 Å². The number of aromatic nitrogens is 2. The van der Waals surface area contributed by atoms with E-state index in [1.165, 1.54) is 10.6 Å². The van der Waals surface area contributed by atoms with Crippen LogP contribution in [-0.4, -0.2) is 15.7 Å². The Morgan fingerprint density at radius 2 is 2.07 bits per heavy atom. The van der Waals surface area contributed by atoms with Crippen LogP contribution in [0.25, 0.3) is 5.69 Å². The minimum absolute atomic E-state index is 0.0250. The monoisotopic (exact) mass is 379 g/mol. The summed E-state index contributed by atoms with van der Waals surface area (Å²) >= 11 is 1.71. The molecule has 4 nitrogen and oxygen atoms in total. The van der Waals surface area contributed by atoms with Gasteiger partial charge >= 0.3 is 0 Å². The summed E-state index contributed by atoms with van der Waals surface area (Å²) in [5, 5.41) is 9.97. The molecule has 0 saturated heterocycles. The second-order valence-electron chi connectivity index (χ2n) is 8.04. The highest BCUT2D eigenvalue weighted by Gasteiger charge is 2.35. The molecule has 0 radical (unpaired) electrons. The largest absolute Gasteiger partial charge is 0.349 e. The number of para-hydroxylation sites is 1. The lowest BCUT2D eigenvalue weighted by atomic mass is 9.74. The molecule has 1 aliphatic carbocycles. The van der Waals surface area contributed by atoms with Crippen LogP contribution >= 0.6 is 11.3 Å². The summed E-state index contributed by atoms with van der Waals surface area (Å²) in [5.74, 6) is 0.115. The van der Waals surface area contributed by atoms with Gasteiger partial charge in [0.15, 0.2) is 0 Å². The van der Waals surface area contributed by atoms with E-state index < -0.39 is 0 Å². The van der Waals surface area contributed by atoms with Crippen molar-refractivity contribution in [3.63, 3.8) is 0 Å². The zero-order valence-corrected chi connectivity index (χ0v) is 16.6. The summed E-state index contributed by atoms with van der Waals surface area (Å²) in [6.07, 6.45) is 5.15. The summed E-state index contributed by atoms with van der Waals surface area (Å²) < 4.78 is 2.03. The molecule has 0 spiro atoms. The Hall–Kier alpha value is -2.40. The topological polar surface area (TPSA) is 46.9 Å². The Morgan fingerprint density at radius 3 is 2.81 bits per heavy atom. The molecule has 1 amide bonds. The van der Waals surface area contributed by atoms with Crippen molar-refractivity contribution in [1.29, 1.82) is 0 Å². The first kappa shape index (κ1) is 18.0. The average molecular weight is 380 g/mol. The van der Waals surface area contributed by atoms with Crippen LogP contribution in [0.5, 0.6) is 0 Å². The molecule has 0 bridgehead atoms. The van der Waals surface area contributed by atoms with E-state index in [-0.39, 0.29) is 17.4 Å². The number of aryl methyl sites for hydroxylation is 1. The van der Waals surface area contributed by atoms with Crippen molar-refractivity contribution in [2.45, 2.75) is 45.6 Å². The number of nitrogens with zero attached hydrogens (tertiary/aromatic N) is 2. The average Bonchev–Trinajstić information content (AvgIpc) is 3.29. The van der Waals surface area contributed by atoms with Crippen molar-refractivity contribution in [2.24, 2.45) is 5.41 Å². The number of nitrogens with one attached hydrogen (secondary N) is 1. The minimum atomic E-state index is 0.0250. The smallest absolute Gasteiger partial charge is 0.220 e. The number of carbonyl (C=O) groups excluding carboxylic acids is 1. The van der Waals surface area contributed by atoms with E-state index in [4.69, 9.17) is 0 Å². The van der Waals surface area contributed by atoms with Gasteiger partial charge in [-0.1, -0.05) is 38.1 Å². The maximum absolute atomic E-state index is 12.6. The predicted octanol–water partition coefficient (Wildman–Crippen LogP) is 4.70. The number of hydrogen-bond acceptors (Lipinski definition) is 3. The van der Waals surface area contributed by atoms with Crippen molar-refractivity contribution in [3.8, 4) is 5.69 Å². The number of hydrogen-bond donors (Lipinski definition) is 1. The van der Waals surface area contributed by atoms with Gasteiger partial charge in [-0.05, 0) is 48.3 Å². The van der Waals surface area contributed by atoms with Crippen LogP contribution in [0, 0.1) is 5.41 Å². The molecular weight excluding hydrogens is 354 g/mol. The molecule has 0 unspecified atom stereocenters. The van der Waals surface area contributed by atoms with Crippen LogP contribution in [-0.2, 0) is 17.6 Å². The van der Waals surface area contributed by atoms with Crippen molar-refractivity contribution < 1.29 is 4.79 Å². The summed E-state index contributed by atoms with van der Waals surface area (Å²) in [5.41, 5.74) is 3.55. The van der Waals surface area contributed by atoms with Gasteiger partial charge in [0.05, 0.1) is 23.6 Å². The third-order valence-corrected chi connectivity index (χ3v) is 6.13. The molecule has 1 N–H and O–H groups in total. The second kappa shape index (κ2) is 7.31. The number of benzene rings is 1. The molecule has 2 heterocycles. The Kier molecular flexibility index (Phi) is 4.87. The molecule has 4 rings (SSSR count). The number of rotatable bonds is 5. The molecule has 0 fully saturated rings. The Bertz CT molecular complexity index is 912. The summed E-state index contributed by atoms with van der Waals surface area (Å²) in [7, 11) is 0. The van der Waals surface area contributed by atoms with E-state index in [0.29, 0.717) is 6.42 Å². The molecule has 2 aromatic heterocycles. The second-order valence-corrected chi connectivity index (χ2v) is 9.07. The van der Waals surface area contributed by atoms with Crippen LogP contribution < -0.4 is 5.32 Å². The minimum Gasteiger partial charge on any atom is -0.349 e. The third kappa shape index (κ3) is 3.98. The van der Waals surface area contributed by atoms with E-state index in [9.17, 15) is 4.79 Å². The van der Waals surface area contributed by atoms with Gasteiger partial charge in [0.1, 0.15) is 0 Å². The molecule has 1 aromatic carbocycles. The highest BCUT2D eigenvalue weighted by atomic mass is 32.1. The van der Waals surface area contributed by atoms with E-state index in [0.717, 1.165) is 30.5 Å². The first-order chi connectivity index (χ1) is 13.0. The molecule has 0 saturated carbocycles. The zero-order valence-electron chi connectivity index (χ0n) is 15.8. The van der Waals surface area contributed by atoms with Crippen molar-refractivity contribution in [1.82, 2.24) is 15.1 Å². The molecule has 1 atom stereocenters. The quantitative estimate of drug-likeness (QED) is 0.699. The van der Waals surface area contributed by atoms with Gasteiger partial charge in [-0.25, -0.2) is 4.68 Å². The first-order valence-corrected chi connectivity index (χ1v) is 10.3. The fraction of sp³-hybridized carbons (Fsp3) is 0.364. The molecule has 5 heteroatoms. The third-order valence-electron chi connectivity index (χ3n) is 5.19. The summed E-state index contributed by atoms with van der Waals surface area (Å²) in [6.45, 7) is 4.53. The molecule has 3 aromatic rings. The van der Waals surface area contributed by atoms with E-state index >= 15 is 0 Å². The molecule has 27 heavy (non-hydrogen) atoms. The van der Waals surface area contributed by atoms with Gasteiger partial charge in [0.2, 0.25) is 5.91 Å². The lowest BCUT2D eigenvalue weighted by Gasteiger charge is -2.36. The van der Waals surface area contributed by atoms with E-state index in [2.05, 4.69) is 47.8 Å². The number of fused-ring (bicyclic) bond motifs is 1. The van der Waals surface area contributed by atoms with E-state index in [1.54, 1.807) is 11.3 Å². The Labute approximate surface area is 164 Å². The van der Waals surface area contributed by atoms with Crippen LogP contribution in [0.2, 0.25) is 0 Å². The molecule has 1 aliphatic rings.